The highest BCUT2D eigenvalue weighted by Crippen LogP contribution is 2.26. The molecule has 0 saturated heterocycles. The Morgan fingerprint density at radius 1 is 1.11 bits per heavy atom. The molecule has 96 valence electrons. The summed E-state index contributed by atoms with van der Waals surface area (Å²) in [5.41, 5.74) is 3.48. The predicted octanol–water partition coefficient (Wildman–Crippen LogP) is 4.42. The standard InChI is InChI=1S/C16H15NOS/c1-11-3-4-13-8-14(6-5-12(13)7-11)15-10-19-16(17-15)9-18-2/h3-8,10H,9H2,1-2H3. The lowest BCUT2D eigenvalue weighted by Crippen LogP contribution is -1.86. The fourth-order valence-corrected chi connectivity index (χ4v) is 2.93. The number of aryl methyl sites for hydroxylation is 1. The second-order valence-corrected chi connectivity index (χ2v) is 5.57. The van der Waals surface area contributed by atoms with Crippen LogP contribution in [0.15, 0.2) is 41.8 Å². The minimum atomic E-state index is 0.581. The number of ether oxygens (including phenoxy) is 1. The molecular formula is C16H15NOS. The molecule has 0 spiro atoms. The maximum atomic E-state index is 5.11. The van der Waals surface area contributed by atoms with Crippen LogP contribution < -0.4 is 0 Å². The average Bonchev–Trinajstić information content (AvgIpc) is 2.87. The number of hydrogen-bond acceptors (Lipinski definition) is 3. The SMILES string of the molecule is COCc1nc(-c2ccc3cc(C)ccc3c2)cs1. The molecule has 19 heavy (non-hydrogen) atoms. The Morgan fingerprint density at radius 3 is 2.74 bits per heavy atom. The molecule has 0 aliphatic rings. The van der Waals surface area contributed by atoms with Crippen molar-refractivity contribution in [2.24, 2.45) is 0 Å². The lowest BCUT2D eigenvalue weighted by molar-refractivity contribution is 0.184. The van der Waals surface area contributed by atoms with Gasteiger partial charge < -0.3 is 4.74 Å². The van der Waals surface area contributed by atoms with Crippen LogP contribution in [0, 0.1) is 6.92 Å². The number of methoxy groups -OCH3 is 1. The van der Waals surface area contributed by atoms with E-state index < -0.39 is 0 Å². The van der Waals surface area contributed by atoms with E-state index in [2.05, 4.69) is 53.7 Å². The summed E-state index contributed by atoms with van der Waals surface area (Å²) >= 11 is 1.64. The maximum Gasteiger partial charge on any atom is 0.119 e. The normalized spacial score (nSPS) is 11.1. The van der Waals surface area contributed by atoms with Crippen molar-refractivity contribution in [3.8, 4) is 11.3 Å². The third kappa shape index (κ3) is 2.53. The molecule has 0 N–H and O–H groups in total. The van der Waals surface area contributed by atoms with Crippen LogP contribution in [0.25, 0.3) is 22.0 Å². The van der Waals surface area contributed by atoms with Gasteiger partial charge in [-0.2, -0.15) is 0 Å². The first-order valence-electron chi connectivity index (χ1n) is 6.20. The van der Waals surface area contributed by atoms with E-state index in [0.29, 0.717) is 6.61 Å². The lowest BCUT2D eigenvalue weighted by Gasteiger charge is -2.02. The Hall–Kier alpha value is -1.71. The second-order valence-electron chi connectivity index (χ2n) is 4.62. The number of rotatable bonds is 3. The maximum absolute atomic E-state index is 5.11. The predicted molar refractivity (Wildman–Crippen MR) is 80.5 cm³/mol. The van der Waals surface area contributed by atoms with E-state index in [9.17, 15) is 0 Å². The molecule has 2 aromatic carbocycles. The van der Waals surface area contributed by atoms with E-state index in [1.165, 1.54) is 16.3 Å². The van der Waals surface area contributed by atoms with Crippen LogP contribution >= 0.6 is 11.3 Å². The number of aromatic nitrogens is 1. The van der Waals surface area contributed by atoms with Crippen molar-refractivity contribution >= 4 is 22.1 Å². The Kier molecular flexibility index (Phi) is 3.32. The summed E-state index contributed by atoms with van der Waals surface area (Å²) in [5, 5.41) is 5.63. The minimum absolute atomic E-state index is 0.581. The molecule has 1 aromatic heterocycles. The van der Waals surface area contributed by atoms with Crippen LogP contribution in [0.1, 0.15) is 10.6 Å². The third-order valence-corrected chi connectivity index (χ3v) is 3.93. The van der Waals surface area contributed by atoms with Crippen LogP contribution in [0.3, 0.4) is 0 Å². The van der Waals surface area contributed by atoms with Crippen molar-refractivity contribution in [3.05, 3.63) is 52.3 Å². The molecule has 0 bridgehead atoms. The number of thiazole rings is 1. The zero-order valence-corrected chi connectivity index (χ0v) is 11.8. The summed E-state index contributed by atoms with van der Waals surface area (Å²) in [7, 11) is 1.69. The van der Waals surface area contributed by atoms with Gasteiger partial charge in [-0.25, -0.2) is 4.98 Å². The van der Waals surface area contributed by atoms with Crippen molar-refractivity contribution in [2.45, 2.75) is 13.5 Å². The molecule has 2 nitrogen and oxygen atoms in total. The minimum Gasteiger partial charge on any atom is -0.378 e. The van der Waals surface area contributed by atoms with Crippen LogP contribution in [-0.4, -0.2) is 12.1 Å². The molecule has 1 heterocycles. The van der Waals surface area contributed by atoms with E-state index in [1.54, 1.807) is 18.4 Å². The monoisotopic (exact) mass is 269 g/mol. The van der Waals surface area contributed by atoms with E-state index in [1.807, 2.05) is 0 Å². The third-order valence-electron chi connectivity index (χ3n) is 3.11. The summed E-state index contributed by atoms with van der Waals surface area (Å²) in [6, 6.07) is 13.0. The molecule has 0 radical (unpaired) electrons. The molecule has 3 aromatic rings. The second kappa shape index (κ2) is 5.11. The first-order chi connectivity index (χ1) is 9.26. The molecule has 3 heteroatoms. The van der Waals surface area contributed by atoms with Crippen molar-refractivity contribution in [1.29, 1.82) is 0 Å². The smallest absolute Gasteiger partial charge is 0.119 e. The van der Waals surface area contributed by atoms with E-state index in [4.69, 9.17) is 4.74 Å². The van der Waals surface area contributed by atoms with Gasteiger partial charge in [-0.3, -0.25) is 0 Å². The van der Waals surface area contributed by atoms with E-state index >= 15 is 0 Å². The molecule has 0 unspecified atom stereocenters. The molecule has 3 rings (SSSR count). The van der Waals surface area contributed by atoms with Crippen molar-refractivity contribution in [1.82, 2.24) is 4.98 Å². The Morgan fingerprint density at radius 2 is 1.89 bits per heavy atom. The number of hydrogen-bond donors (Lipinski definition) is 0. The average molecular weight is 269 g/mol. The van der Waals surface area contributed by atoms with Gasteiger partial charge in [0.05, 0.1) is 12.3 Å². The van der Waals surface area contributed by atoms with Crippen LogP contribution in [-0.2, 0) is 11.3 Å². The Bertz CT molecular complexity index is 718. The van der Waals surface area contributed by atoms with Gasteiger partial charge >= 0.3 is 0 Å². The van der Waals surface area contributed by atoms with Crippen LogP contribution in [0.2, 0.25) is 0 Å². The fourth-order valence-electron chi connectivity index (χ4n) is 2.16. The first kappa shape index (κ1) is 12.3. The van der Waals surface area contributed by atoms with Gasteiger partial charge in [0.1, 0.15) is 5.01 Å². The van der Waals surface area contributed by atoms with Gasteiger partial charge in [-0.1, -0.05) is 35.9 Å². The van der Waals surface area contributed by atoms with Gasteiger partial charge in [-0.15, -0.1) is 11.3 Å². The number of fused-ring (bicyclic) bond motifs is 1. The number of nitrogens with zero attached hydrogens (tertiary/aromatic N) is 1. The first-order valence-corrected chi connectivity index (χ1v) is 7.08. The summed E-state index contributed by atoms with van der Waals surface area (Å²) < 4.78 is 5.11. The Balaban J connectivity index is 2.02. The number of benzene rings is 2. The van der Waals surface area contributed by atoms with Crippen LogP contribution in [0.5, 0.6) is 0 Å². The highest BCUT2D eigenvalue weighted by Gasteiger charge is 2.05. The van der Waals surface area contributed by atoms with Crippen molar-refractivity contribution in [2.75, 3.05) is 7.11 Å². The summed E-state index contributed by atoms with van der Waals surface area (Å²) in [6.45, 7) is 2.70. The van der Waals surface area contributed by atoms with E-state index in [0.717, 1.165) is 16.3 Å². The zero-order valence-electron chi connectivity index (χ0n) is 11.0. The summed E-state index contributed by atoms with van der Waals surface area (Å²) in [5.74, 6) is 0. The highest BCUT2D eigenvalue weighted by atomic mass is 32.1. The Labute approximate surface area is 116 Å². The van der Waals surface area contributed by atoms with Gasteiger partial charge in [0.2, 0.25) is 0 Å². The summed E-state index contributed by atoms with van der Waals surface area (Å²) in [6.07, 6.45) is 0. The molecule has 0 amide bonds. The van der Waals surface area contributed by atoms with Crippen molar-refractivity contribution in [3.63, 3.8) is 0 Å². The molecule has 0 aliphatic heterocycles. The molecular weight excluding hydrogens is 254 g/mol. The topological polar surface area (TPSA) is 22.1 Å². The lowest BCUT2D eigenvalue weighted by atomic mass is 10.0. The van der Waals surface area contributed by atoms with E-state index in [-0.39, 0.29) is 0 Å². The highest BCUT2D eigenvalue weighted by molar-refractivity contribution is 7.09. The molecule has 0 fully saturated rings. The van der Waals surface area contributed by atoms with Gasteiger partial charge in [0.25, 0.3) is 0 Å². The van der Waals surface area contributed by atoms with Crippen LogP contribution in [0.4, 0.5) is 0 Å². The molecule has 0 saturated carbocycles. The largest absolute Gasteiger partial charge is 0.378 e. The van der Waals surface area contributed by atoms with Crippen molar-refractivity contribution < 1.29 is 4.74 Å². The molecule has 0 atom stereocenters. The quantitative estimate of drug-likeness (QED) is 0.702. The van der Waals surface area contributed by atoms with Gasteiger partial charge in [-0.05, 0) is 23.8 Å². The molecule has 0 aliphatic carbocycles. The van der Waals surface area contributed by atoms with Gasteiger partial charge in [0, 0.05) is 18.1 Å². The summed E-state index contributed by atoms with van der Waals surface area (Å²) in [4.78, 5) is 4.59. The fraction of sp³-hybridized carbons (Fsp3) is 0.188. The van der Waals surface area contributed by atoms with Gasteiger partial charge in [0.15, 0.2) is 0 Å². The zero-order chi connectivity index (χ0) is 13.2.